The first-order valence-corrected chi connectivity index (χ1v) is 3.84. The van der Waals surface area contributed by atoms with Gasteiger partial charge in [0, 0.05) is 0 Å². The van der Waals surface area contributed by atoms with Gasteiger partial charge in [-0.15, -0.1) is 10.2 Å². The number of ether oxygens (including phenoxy) is 2. The third-order valence-corrected chi connectivity index (χ3v) is 1.69. The van der Waals surface area contributed by atoms with Gasteiger partial charge in [-0.25, -0.2) is 0 Å². The molecule has 1 rings (SSSR count). The molecular weight excluding hydrogens is 184 g/mol. The Labute approximate surface area is 81.4 Å². The lowest BCUT2D eigenvalue weighted by Gasteiger charge is -2.07. The maximum atomic E-state index is 10.8. The fourth-order valence-electron chi connectivity index (χ4n) is 1.04. The van der Waals surface area contributed by atoms with Crippen molar-refractivity contribution in [1.29, 1.82) is 0 Å². The lowest BCUT2D eigenvalue weighted by molar-refractivity contribution is 0.111. The Hall–Kier alpha value is -1.91. The first-order chi connectivity index (χ1) is 6.78. The Morgan fingerprint density at radius 1 is 1.14 bits per heavy atom. The Morgan fingerprint density at radius 2 is 1.64 bits per heavy atom. The quantitative estimate of drug-likeness (QED) is 0.668. The standard InChI is InChI=1S/C9H10N2O3/c1-4-6-7(5-12)9(14-3)11-10-8(6)13-2/h4-5H,1H2,2-3H3. The van der Waals surface area contributed by atoms with Gasteiger partial charge in [-0.1, -0.05) is 12.7 Å². The van der Waals surface area contributed by atoms with E-state index >= 15 is 0 Å². The molecule has 74 valence electrons. The van der Waals surface area contributed by atoms with Crippen LogP contribution in [0.4, 0.5) is 0 Å². The molecule has 1 aromatic heterocycles. The van der Waals surface area contributed by atoms with Crippen LogP contribution in [0.3, 0.4) is 0 Å². The second kappa shape index (κ2) is 4.36. The third-order valence-electron chi connectivity index (χ3n) is 1.69. The van der Waals surface area contributed by atoms with Gasteiger partial charge in [-0.2, -0.15) is 0 Å². The topological polar surface area (TPSA) is 61.3 Å². The molecule has 0 N–H and O–H groups in total. The molecule has 0 fully saturated rings. The van der Waals surface area contributed by atoms with Crippen LogP contribution >= 0.6 is 0 Å². The molecule has 0 aliphatic carbocycles. The minimum absolute atomic E-state index is 0.163. The summed E-state index contributed by atoms with van der Waals surface area (Å²) in [6, 6.07) is 0. The number of nitrogens with zero attached hydrogens (tertiary/aromatic N) is 2. The van der Waals surface area contributed by atoms with E-state index in [4.69, 9.17) is 9.47 Å². The van der Waals surface area contributed by atoms with Crippen molar-refractivity contribution in [2.24, 2.45) is 0 Å². The van der Waals surface area contributed by atoms with Gasteiger partial charge in [-0.05, 0) is 0 Å². The van der Waals surface area contributed by atoms with Crippen LogP contribution < -0.4 is 9.47 Å². The number of aldehydes is 1. The average molecular weight is 194 g/mol. The Balaban J connectivity index is 3.43. The van der Waals surface area contributed by atoms with Crippen LogP contribution in [0.5, 0.6) is 11.8 Å². The summed E-state index contributed by atoms with van der Waals surface area (Å²) in [4.78, 5) is 10.8. The number of aromatic nitrogens is 2. The molecule has 0 radical (unpaired) electrons. The summed E-state index contributed by atoms with van der Waals surface area (Å²) in [5.41, 5.74) is 0.767. The third kappa shape index (κ3) is 1.56. The average Bonchev–Trinajstić information content (AvgIpc) is 2.26. The molecule has 0 aliphatic heterocycles. The highest BCUT2D eigenvalue weighted by molar-refractivity contribution is 5.85. The number of carbonyl (C=O) groups excluding carboxylic acids is 1. The van der Waals surface area contributed by atoms with Crippen molar-refractivity contribution in [1.82, 2.24) is 10.2 Å². The molecule has 0 amide bonds. The highest BCUT2D eigenvalue weighted by atomic mass is 16.5. The number of hydrogen-bond acceptors (Lipinski definition) is 5. The fourth-order valence-corrected chi connectivity index (χ4v) is 1.04. The summed E-state index contributed by atoms with van der Waals surface area (Å²) in [6.45, 7) is 3.56. The maximum absolute atomic E-state index is 10.8. The molecule has 0 unspecified atom stereocenters. The van der Waals surface area contributed by atoms with Gasteiger partial charge >= 0.3 is 0 Å². The van der Waals surface area contributed by atoms with E-state index in [1.165, 1.54) is 20.3 Å². The normalized spacial score (nSPS) is 9.29. The van der Waals surface area contributed by atoms with E-state index in [-0.39, 0.29) is 17.3 Å². The second-order valence-electron chi connectivity index (χ2n) is 2.37. The van der Waals surface area contributed by atoms with Crippen LogP contribution in [0.25, 0.3) is 6.08 Å². The molecule has 0 aromatic carbocycles. The molecule has 0 atom stereocenters. The predicted octanol–water partition coefficient (Wildman–Crippen LogP) is 0.949. The van der Waals surface area contributed by atoms with Gasteiger partial charge in [0.05, 0.1) is 25.3 Å². The predicted molar refractivity (Wildman–Crippen MR) is 50.6 cm³/mol. The molecule has 0 saturated carbocycles. The molecule has 0 aliphatic rings. The maximum Gasteiger partial charge on any atom is 0.244 e. The summed E-state index contributed by atoms with van der Waals surface area (Å²) in [5, 5.41) is 7.39. The molecule has 14 heavy (non-hydrogen) atoms. The second-order valence-corrected chi connectivity index (χ2v) is 2.37. The van der Waals surface area contributed by atoms with Crippen LogP contribution in [0.1, 0.15) is 15.9 Å². The summed E-state index contributed by atoms with van der Waals surface area (Å²) in [6.07, 6.45) is 2.10. The largest absolute Gasteiger partial charge is 0.479 e. The zero-order chi connectivity index (χ0) is 10.6. The summed E-state index contributed by atoms with van der Waals surface area (Å²) in [5.74, 6) is 0.415. The molecule has 0 saturated heterocycles. The van der Waals surface area contributed by atoms with Crippen LogP contribution in [-0.2, 0) is 0 Å². The van der Waals surface area contributed by atoms with Crippen LogP contribution in [0.15, 0.2) is 6.58 Å². The van der Waals surface area contributed by atoms with Crippen LogP contribution in [0, 0.1) is 0 Å². The Bertz CT molecular complexity index is 328. The lowest BCUT2D eigenvalue weighted by Crippen LogP contribution is -2.02. The van der Waals surface area contributed by atoms with E-state index in [1.807, 2.05) is 0 Å². The smallest absolute Gasteiger partial charge is 0.244 e. The van der Waals surface area contributed by atoms with Crippen molar-refractivity contribution < 1.29 is 14.3 Å². The fraction of sp³-hybridized carbons (Fsp3) is 0.222. The number of hydrogen-bond donors (Lipinski definition) is 0. The lowest BCUT2D eigenvalue weighted by atomic mass is 10.1. The summed E-state index contributed by atoms with van der Waals surface area (Å²) in [7, 11) is 2.86. The molecule has 1 aromatic rings. The molecule has 0 spiro atoms. The summed E-state index contributed by atoms with van der Waals surface area (Å²) < 4.78 is 9.79. The van der Waals surface area contributed by atoms with Gasteiger partial charge in [0.15, 0.2) is 6.29 Å². The summed E-state index contributed by atoms with van der Waals surface area (Å²) >= 11 is 0. The van der Waals surface area contributed by atoms with Gasteiger partial charge in [0.25, 0.3) is 0 Å². The molecular formula is C9H10N2O3. The van der Waals surface area contributed by atoms with Crippen molar-refractivity contribution in [2.45, 2.75) is 0 Å². The van der Waals surface area contributed by atoms with Crippen LogP contribution in [0.2, 0.25) is 0 Å². The highest BCUT2D eigenvalue weighted by Crippen LogP contribution is 2.24. The van der Waals surface area contributed by atoms with E-state index in [0.717, 1.165) is 0 Å². The zero-order valence-corrected chi connectivity index (χ0v) is 7.98. The molecule has 0 bridgehead atoms. The highest BCUT2D eigenvalue weighted by Gasteiger charge is 2.14. The number of methoxy groups -OCH3 is 2. The van der Waals surface area contributed by atoms with Crippen molar-refractivity contribution in [3.05, 3.63) is 17.7 Å². The van der Waals surface area contributed by atoms with E-state index in [0.29, 0.717) is 11.8 Å². The molecule has 5 heteroatoms. The molecule has 1 heterocycles. The van der Waals surface area contributed by atoms with Crippen molar-refractivity contribution >= 4 is 12.4 Å². The van der Waals surface area contributed by atoms with Crippen molar-refractivity contribution in [2.75, 3.05) is 14.2 Å². The van der Waals surface area contributed by atoms with E-state index in [1.54, 1.807) is 0 Å². The van der Waals surface area contributed by atoms with Crippen LogP contribution in [-0.4, -0.2) is 30.7 Å². The van der Waals surface area contributed by atoms with Crippen molar-refractivity contribution in [3.8, 4) is 11.8 Å². The van der Waals surface area contributed by atoms with Gasteiger partial charge in [0.1, 0.15) is 0 Å². The molecule has 5 nitrogen and oxygen atoms in total. The number of carbonyl (C=O) groups is 1. The Morgan fingerprint density at radius 3 is 2.00 bits per heavy atom. The van der Waals surface area contributed by atoms with E-state index in [9.17, 15) is 4.79 Å². The first-order valence-electron chi connectivity index (χ1n) is 3.84. The first kappa shape index (κ1) is 10.2. The number of rotatable bonds is 4. The monoisotopic (exact) mass is 194 g/mol. The van der Waals surface area contributed by atoms with E-state index < -0.39 is 0 Å². The SMILES string of the molecule is C=Cc1c(OC)nnc(OC)c1C=O. The Kier molecular flexibility index (Phi) is 3.17. The van der Waals surface area contributed by atoms with Gasteiger partial charge in [-0.3, -0.25) is 4.79 Å². The van der Waals surface area contributed by atoms with Crippen molar-refractivity contribution in [3.63, 3.8) is 0 Å². The van der Waals surface area contributed by atoms with Gasteiger partial charge in [0.2, 0.25) is 11.8 Å². The van der Waals surface area contributed by atoms with Gasteiger partial charge < -0.3 is 9.47 Å². The zero-order valence-electron chi connectivity index (χ0n) is 7.98. The minimum atomic E-state index is 0.163. The minimum Gasteiger partial charge on any atom is -0.479 e. The van der Waals surface area contributed by atoms with E-state index in [2.05, 4.69) is 16.8 Å².